The Balaban J connectivity index is 1.87. The molecule has 1 aromatic rings. The molecule has 0 spiro atoms. The van der Waals surface area contributed by atoms with Gasteiger partial charge in [0.2, 0.25) is 0 Å². The van der Waals surface area contributed by atoms with Gasteiger partial charge >= 0.3 is 5.97 Å². The zero-order valence-electron chi connectivity index (χ0n) is 12.5. The molecular formula is C16H23N3O2. The number of ether oxygens (including phenoxy) is 1. The van der Waals surface area contributed by atoms with Crippen LogP contribution >= 0.6 is 0 Å². The van der Waals surface area contributed by atoms with Gasteiger partial charge in [-0.1, -0.05) is 6.07 Å². The van der Waals surface area contributed by atoms with Crippen molar-refractivity contribution in [1.82, 2.24) is 4.90 Å². The van der Waals surface area contributed by atoms with Crippen LogP contribution in [-0.2, 0) is 4.74 Å². The number of nitrogens with two attached hydrogens (primary N) is 1. The van der Waals surface area contributed by atoms with E-state index in [-0.39, 0.29) is 5.97 Å². The molecule has 1 atom stereocenters. The highest BCUT2D eigenvalue weighted by atomic mass is 16.5. The molecule has 0 radical (unpaired) electrons. The summed E-state index contributed by atoms with van der Waals surface area (Å²) in [6.45, 7) is 4.37. The lowest BCUT2D eigenvalue weighted by atomic mass is 10.1. The van der Waals surface area contributed by atoms with Crippen molar-refractivity contribution in [2.45, 2.75) is 25.3 Å². The zero-order chi connectivity index (χ0) is 14.8. The van der Waals surface area contributed by atoms with Gasteiger partial charge in [0.1, 0.15) is 0 Å². The summed E-state index contributed by atoms with van der Waals surface area (Å²) in [5, 5.41) is 0. The molecule has 2 heterocycles. The predicted molar refractivity (Wildman–Crippen MR) is 83.6 cm³/mol. The van der Waals surface area contributed by atoms with E-state index < -0.39 is 0 Å². The van der Waals surface area contributed by atoms with Gasteiger partial charge in [0.15, 0.2) is 0 Å². The van der Waals surface area contributed by atoms with Gasteiger partial charge in [-0.05, 0) is 37.9 Å². The highest BCUT2D eigenvalue weighted by molar-refractivity contribution is 5.98. The lowest BCUT2D eigenvalue weighted by Crippen LogP contribution is -2.37. The van der Waals surface area contributed by atoms with Crippen LogP contribution in [0.4, 0.5) is 11.4 Å². The van der Waals surface area contributed by atoms with E-state index in [0.29, 0.717) is 17.3 Å². The number of nitrogens with zero attached hydrogens (tertiary/aromatic N) is 2. The summed E-state index contributed by atoms with van der Waals surface area (Å²) in [7, 11) is 1.39. The molecule has 5 nitrogen and oxygen atoms in total. The summed E-state index contributed by atoms with van der Waals surface area (Å²) in [6, 6.07) is 6.24. The molecular weight excluding hydrogens is 266 g/mol. The number of benzene rings is 1. The molecule has 0 saturated carbocycles. The molecule has 3 rings (SSSR count). The maximum absolute atomic E-state index is 11.8. The minimum absolute atomic E-state index is 0.369. The molecule has 0 aliphatic carbocycles. The molecule has 1 aromatic carbocycles. The first-order valence-electron chi connectivity index (χ1n) is 7.66. The summed E-state index contributed by atoms with van der Waals surface area (Å²) in [4.78, 5) is 16.7. The smallest absolute Gasteiger partial charge is 0.340 e. The van der Waals surface area contributed by atoms with Crippen LogP contribution < -0.4 is 10.6 Å². The van der Waals surface area contributed by atoms with Crippen molar-refractivity contribution in [3.05, 3.63) is 23.8 Å². The van der Waals surface area contributed by atoms with Crippen molar-refractivity contribution >= 4 is 17.3 Å². The SMILES string of the molecule is COC(=O)c1cccc(N2CCCN3CCCC3C2)c1N. The second-order valence-electron chi connectivity index (χ2n) is 5.86. The Bertz CT molecular complexity index is 532. The average molecular weight is 289 g/mol. The van der Waals surface area contributed by atoms with Crippen LogP contribution in [0, 0.1) is 0 Å². The standard InChI is InChI=1S/C16H23N3O2/c1-21-16(20)13-6-2-7-14(15(13)17)19-10-4-9-18-8-3-5-12(18)11-19/h2,6-7,12H,3-5,8-11,17H2,1H3. The fraction of sp³-hybridized carbons (Fsp3) is 0.562. The van der Waals surface area contributed by atoms with Crippen LogP contribution in [0.25, 0.3) is 0 Å². The average Bonchev–Trinajstić information content (AvgIpc) is 2.84. The number of carbonyl (C=O) groups is 1. The van der Waals surface area contributed by atoms with Crippen molar-refractivity contribution in [2.24, 2.45) is 0 Å². The molecule has 5 heteroatoms. The first-order valence-corrected chi connectivity index (χ1v) is 7.66. The van der Waals surface area contributed by atoms with Crippen LogP contribution in [0.5, 0.6) is 0 Å². The van der Waals surface area contributed by atoms with Crippen molar-refractivity contribution in [2.75, 3.05) is 43.9 Å². The number of fused-ring (bicyclic) bond motifs is 1. The number of hydrogen-bond acceptors (Lipinski definition) is 5. The second kappa shape index (κ2) is 5.93. The largest absolute Gasteiger partial charge is 0.465 e. The van der Waals surface area contributed by atoms with Gasteiger partial charge in [0.25, 0.3) is 0 Å². The van der Waals surface area contributed by atoms with E-state index in [1.807, 2.05) is 12.1 Å². The van der Waals surface area contributed by atoms with Gasteiger partial charge < -0.3 is 15.4 Å². The van der Waals surface area contributed by atoms with Crippen molar-refractivity contribution in [3.8, 4) is 0 Å². The maximum atomic E-state index is 11.8. The Morgan fingerprint density at radius 2 is 2.10 bits per heavy atom. The van der Waals surface area contributed by atoms with Crippen molar-refractivity contribution in [3.63, 3.8) is 0 Å². The minimum atomic E-state index is -0.369. The van der Waals surface area contributed by atoms with Crippen LogP contribution in [0.15, 0.2) is 18.2 Å². The van der Waals surface area contributed by atoms with Gasteiger partial charge in [-0.3, -0.25) is 4.90 Å². The van der Waals surface area contributed by atoms with E-state index in [4.69, 9.17) is 10.5 Å². The molecule has 2 fully saturated rings. The summed E-state index contributed by atoms with van der Waals surface area (Å²) in [6.07, 6.45) is 3.68. The lowest BCUT2D eigenvalue weighted by Gasteiger charge is -2.28. The number of carbonyl (C=O) groups excluding carboxylic acids is 1. The molecule has 114 valence electrons. The van der Waals surface area contributed by atoms with Crippen molar-refractivity contribution in [1.29, 1.82) is 0 Å². The number of methoxy groups -OCH3 is 1. The Morgan fingerprint density at radius 3 is 2.90 bits per heavy atom. The number of nitrogen functional groups attached to an aromatic ring is 1. The van der Waals surface area contributed by atoms with E-state index in [0.717, 1.165) is 31.7 Å². The van der Waals surface area contributed by atoms with Crippen molar-refractivity contribution < 1.29 is 9.53 Å². The maximum Gasteiger partial charge on any atom is 0.340 e. The minimum Gasteiger partial charge on any atom is -0.465 e. The van der Waals surface area contributed by atoms with E-state index in [9.17, 15) is 4.79 Å². The van der Waals surface area contributed by atoms with Crippen LogP contribution in [0.3, 0.4) is 0 Å². The van der Waals surface area contributed by atoms with Crippen LogP contribution in [0.1, 0.15) is 29.6 Å². The lowest BCUT2D eigenvalue weighted by molar-refractivity contribution is 0.0602. The van der Waals surface area contributed by atoms with E-state index in [1.54, 1.807) is 6.07 Å². The predicted octanol–water partition coefficient (Wildman–Crippen LogP) is 1.73. The number of hydrogen-bond donors (Lipinski definition) is 1. The zero-order valence-corrected chi connectivity index (χ0v) is 12.5. The third-order valence-electron chi connectivity index (χ3n) is 4.63. The Hall–Kier alpha value is -1.75. The normalized spacial score (nSPS) is 22.7. The number of rotatable bonds is 2. The Morgan fingerprint density at radius 1 is 1.29 bits per heavy atom. The summed E-state index contributed by atoms with van der Waals surface area (Å²) in [5.41, 5.74) is 8.19. The molecule has 2 N–H and O–H groups in total. The Labute approximate surface area is 125 Å². The number of para-hydroxylation sites is 1. The molecule has 2 aliphatic heterocycles. The second-order valence-corrected chi connectivity index (χ2v) is 5.86. The molecule has 1 unspecified atom stereocenters. The topological polar surface area (TPSA) is 58.8 Å². The number of esters is 1. The van der Waals surface area contributed by atoms with Gasteiger partial charge in [-0.15, -0.1) is 0 Å². The Kier molecular flexibility index (Phi) is 4.01. The van der Waals surface area contributed by atoms with E-state index in [1.165, 1.54) is 26.5 Å². The molecule has 2 saturated heterocycles. The summed E-state index contributed by atoms with van der Waals surface area (Å²) in [5.74, 6) is -0.369. The van der Waals surface area contributed by atoms with E-state index >= 15 is 0 Å². The van der Waals surface area contributed by atoms with E-state index in [2.05, 4.69) is 9.80 Å². The van der Waals surface area contributed by atoms with Gasteiger partial charge in [-0.2, -0.15) is 0 Å². The molecule has 2 aliphatic rings. The summed E-state index contributed by atoms with van der Waals surface area (Å²) < 4.78 is 4.81. The third-order valence-corrected chi connectivity index (χ3v) is 4.63. The number of anilines is 2. The highest BCUT2D eigenvalue weighted by Gasteiger charge is 2.29. The van der Waals surface area contributed by atoms with Gasteiger partial charge in [0, 0.05) is 25.7 Å². The fourth-order valence-electron chi connectivity index (χ4n) is 3.54. The van der Waals surface area contributed by atoms with Gasteiger partial charge in [-0.25, -0.2) is 4.79 Å². The molecule has 21 heavy (non-hydrogen) atoms. The quantitative estimate of drug-likeness (QED) is 0.664. The molecule has 0 bridgehead atoms. The third kappa shape index (κ3) is 2.70. The first kappa shape index (κ1) is 14.2. The first-order chi connectivity index (χ1) is 10.2. The van der Waals surface area contributed by atoms with Crippen LogP contribution in [-0.4, -0.2) is 50.2 Å². The molecule has 0 aromatic heterocycles. The summed E-state index contributed by atoms with van der Waals surface area (Å²) >= 11 is 0. The fourth-order valence-corrected chi connectivity index (χ4v) is 3.54. The monoisotopic (exact) mass is 289 g/mol. The molecule has 0 amide bonds. The van der Waals surface area contributed by atoms with Gasteiger partial charge in [0.05, 0.1) is 24.0 Å². The van der Waals surface area contributed by atoms with Crippen LogP contribution in [0.2, 0.25) is 0 Å². The highest BCUT2D eigenvalue weighted by Crippen LogP contribution is 2.31.